The minimum Gasteiger partial charge on any atom is -0.257 e. The lowest BCUT2D eigenvalue weighted by molar-refractivity contribution is 0.940. The number of nitrogens with one attached hydrogen (secondary N) is 1. The van der Waals surface area contributed by atoms with Crippen molar-refractivity contribution < 1.29 is 0 Å². The molecule has 1 radical (unpaired) electrons. The maximum Gasteiger partial charge on any atom is 0.143 e. The number of aromatic amines is 1. The zero-order valence-corrected chi connectivity index (χ0v) is 6.84. The fraction of sp³-hybridized carbons (Fsp3) is 0. The summed E-state index contributed by atoms with van der Waals surface area (Å²) in [6.45, 7) is 0. The minimum atomic E-state index is 0.714. The van der Waals surface area contributed by atoms with Gasteiger partial charge in [-0.15, -0.1) is 5.10 Å². The largest absolute Gasteiger partial charge is 0.257 e. The molecule has 59 valence electrons. The van der Waals surface area contributed by atoms with Crippen molar-refractivity contribution in [3.8, 4) is 11.3 Å². The van der Waals surface area contributed by atoms with E-state index in [4.69, 9.17) is 11.6 Å². The number of rotatable bonds is 1. The Labute approximate surface area is 74.4 Å². The Kier molecular flexibility index (Phi) is 1.80. The molecular formula is C8H5ClN3. The summed E-state index contributed by atoms with van der Waals surface area (Å²) in [6, 6.07) is 7.39. The molecule has 1 aromatic carbocycles. The number of aromatic nitrogens is 3. The summed E-state index contributed by atoms with van der Waals surface area (Å²) in [5, 5.41) is 10.5. The van der Waals surface area contributed by atoms with Crippen LogP contribution >= 0.6 is 11.6 Å². The van der Waals surface area contributed by atoms with Crippen LogP contribution in [0.5, 0.6) is 0 Å². The maximum absolute atomic E-state index is 5.72. The van der Waals surface area contributed by atoms with Crippen LogP contribution in [0.3, 0.4) is 0 Å². The third-order valence-electron chi connectivity index (χ3n) is 1.51. The van der Waals surface area contributed by atoms with Crippen molar-refractivity contribution in [2.24, 2.45) is 0 Å². The molecule has 0 unspecified atom stereocenters. The molecule has 0 aliphatic heterocycles. The normalized spacial score (nSPS) is 10.1. The average molecular weight is 179 g/mol. The van der Waals surface area contributed by atoms with Gasteiger partial charge >= 0.3 is 0 Å². The van der Waals surface area contributed by atoms with Gasteiger partial charge < -0.3 is 0 Å². The van der Waals surface area contributed by atoms with E-state index in [9.17, 15) is 0 Å². The van der Waals surface area contributed by atoms with Gasteiger partial charge in [0, 0.05) is 10.6 Å². The highest BCUT2D eigenvalue weighted by Crippen LogP contribution is 2.17. The van der Waals surface area contributed by atoms with Crippen LogP contribution in [0.4, 0.5) is 0 Å². The van der Waals surface area contributed by atoms with E-state index in [0.29, 0.717) is 5.02 Å². The average Bonchev–Trinajstić information content (AvgIpc) is 2.58. The second-order valence-electron chi connectivity index (χ2n) is 2.31. The van der Waals surface area contributed by atoms with Gasteiger partial charge in [-0.25, -0.2) is 0 Å². The number of nitrogens with zero attached hydrogens (tertiary/aromatic N) is 2. The van der Waals surface area contributed by atoms with Crippen LogP contribution in [0.1, 0.15) is 0 Å². The molecule has 0 aliphatic carbocycles. The third-order valence-corrected chi connectivity index (χ3v) is 1.76. The van der Waals surface area contributed by atoms with Crippen molar-refractivity contribution in [2.75, 3.05) is 0 Å². The van der Waals surface area contributed by atoms with E-state index in [1.54, 1.807) is 0 Å². The quantitative estimate of drug-likeness (QED) is 0.725. The predicted octanol–water partition coefficient (Wildman–Crippen LogP) is 1.93. The van der Waals surface area contributed by atoms with Crippen molar-refractivity contribution >= 4 is 11.6 Å². The van der Waals surface area contributed by atoms with Gasteiger partial charge in [0.2, 0.25) is 0 Å². The Balaban J connectivity index is 2.43. The summed E-state index contributed by atoms with van der Waals surface area (Å²) < 4.78 is 0. The van der Waals surface area contributed by atoms with Crippen molar-refractivity contribution in [1.29, 1.82) is 0 Å². The summed E-state index contributed by atoms with van der Waals surface area (Å²) >= 11 is 5.72. The Morgan fingerprint density at radius 1 is 1.25 bits per heavy atom. The van der Waals surface area contributed by atoms with Crippen LogP contribution in [-0.2, 0) is 0 Å². The lowest BCUT2D eigenvalue weighted by Gasteiger charge is -1.94. The van der Waals surface area contributed by atoms with E-state index >= 15 is 0 Å². The standard InChI is InChI=1S/C8H5ClN3/c9-7-3-1-6(2-4-7)8-5-10-12-11-8/h1-4H,(H,10,11,12). The Hall–Kier alpha value is -1.35. The molecule has 2 aromatic rings. The highest BCUT2D eigenvalue weighted by atomic mass is 35.5. The zero-order chi connectivity index (χ0) is 8.39. The fourth-order valence-electron chi connectivity index (χ4n) is 0.921. The first-order chi connectivity index (χ1) is 5.86. The van der Waals surface area contributed by atoms with Crippen molar-refractivity contribution in [2.45, 2.75) is 0 Å². The smallest absolute Gasteiger partial charge is 0.143 e. The van der Waals surface area contributed by atoms with E-state index in [-0.39, 0.29) is 0 Å². The molecule has 3 nitrogen and oxygen atoms in total. The van der Waals surface area contributed by atoms with Gasteiger partial charge in [0.05, 0.1) is 5.69 Å². The molecule has 0 amide bonds. The van der Waals surface area contributed by atoms with Gasteiger partial charge in [-0.3, -0.25) is 5.10 Å². The number of halogens is 1. The first kappa shape index (κ1) is 7.31. The molecule has 1 N–H and O–H groups in total. The van der Waals surface area contributed by atoms with Gasteiger partial charge in [0.25, 0.3) is 0 Å². The Morgan fingerprint density at radius 3 is 2.58 bits per heavy atom. The second-order valence-corrected chi connectivity index (χ2v) is 2.74. The van der Waals surface area contributed by atoms with Crippen LogP contribution in [0.15, 0.2) is 24.3 Å². The number of hydrogen-bond acceptors (Lipinski definition) is 2. The zero-order valence-electron chi connectivity index (χ0n) is 6.08. The van der Waals surface area contributed by atoms with E-state index in [1.165, 1.54) is 0 Å². The molecule has 0 atom stereocenters. The van der Waals surface area contributed by atoms with Gasteiger partial charge in [-0.2, -0.15) is 0 Å². The molecule has 0 saturated carbocycles. The molecule has 0 fully saturated rings. The first-order valence-electron chi connectivity index (χ1n) is 3.41. The number of H-pyrrole nitrogens is 1. The lowest BCUT2D eigenvalue weighted by atomic mass is 10.2. The van der Waals surface area contributed by atoms with Gasteiger partial charge in [-0.1, -0.05) is 28.9 Å². The Morgan fingerprint density at radius 2 is 2.00 bits per heavy atom. The molecular weight excluding hydrogens is 174 g/mol. The van der Waals surface area contributed by atoms with Crippen LogP contribution in [0, 0.1) is 6.20 Å². The van der Waals surface area contributed by atoms with E-state index in [1.807, 2.05) is 24.3 Å². The molecule has 4 heteroatoms. The first-order valence-corrected chi connectivity index (χ1v) is 3.79. The van der Waals surface area contributed by atoms with Gasteiger partial charge in [0.1, 0.15) is 6.20 Å². The van der Waals surface area contributed by atoms with E-state index in [2.05, 4.69) is 21.6 Å². The molecule has 12 heavy (non-hydrogen) atoms. The van der Waals surface area contributed by atoms with Crippen molar-refractivity contribution in [1.82, 2.24) is 15.4 Å². The van der Waals surface area contributed by atoms with E-state index < -0.39 is 0 Å². The maximum atomic E-state index is 5.72. The van der Waals surface area contributed by atoms with Crippen LogP contribution < -0.4 is 0 Å². The summed E-state index contributed by atoms with van der Waals surface area (Å²) in [6.07, 6.45) is 2.71. The van der Waals surface area contributed by atoms with Crippen LogP contribution in [0.2, 0.25) is 5.02 Å². The summed E-state index contributed by atoms with van der Waals surface area (Å²) in [5.74, 6) is 0. The highest BCUT2D eigenvalue weighted by Gasteiger charge is 1.98. The molecule has 0 saturated heterocycles. The summed E-state index contributed by atoms with van der Waals surface area (Å²) in [4.78, 5) is 0. The summed E-state index contributed by atoms with van der Waals surface area (Å²) in [7, 11) is 0. The number of benzene rings is 1. The van der Waals surface area contributed by atoms with Gasteiger partial charge in [0.15, 0.2) is 0 Å². The predicted molar refractivity (Wildman–Crippen MR) is 45.7 cm³/mol. The van der Waals surface area contributed by atoms with Gasteiger partial charge in [-0.05, 0) is 12.1 Å². The molecule has 1 aromatic heterocycles. The fourth-order valence-corrected chi connectivity index (χ4v) is 1.05. The SMILES string of the molecule is Clc1ccc(-c2[c]nn[nH]2)cc1. The van der Waals surface area contributed by atoms with Crippen molar-refractivity contribution in [3.63, 3.8) is 0 Å². The third kappa shape index (κ3) is 1.31. The van der Waals surface area contributed by atoms with Crippen LogP contribution in [0.25, 0.3) is 11.3 Å². The topological polar surface area (TPSA) is 41.6 Å². The summed E-state index contributed by atoms with van der Waals surface area (Å²) in [5.41, 5.74) is 1.75. The van der Waals surface area contributed by atoms with E-state index in [0.717, 1.165) is 11.3 Å². The molecule has 1 heterocycles. The second kappa shape index (κ2) is 2.95. The molecule has 0 spiro atoms. The highest BCUT2D eigenvalue weighted by molar-refractivity contribution is 6.30. The monoisotopic (exact) mass is 178 g/mol. The molecule has 0 aliphatic rings. The molecule has 2 rings (SSSR count). The minimum absolute atomic E-state index is 0.714. The van der Waals surface area contributed by atoms with Crippen molar-refractivity contribution in [3.05, 3.63) is 35.5 Å². The molecule has 0 bridgehead atoms. The number of hydrogen-bond donors (Lipinski definition) is 1. The Bertz CT molecular complexity index is 352. The van der Waals surface area contributed by atoms with Crippen LogP contribution in [-0.4, -0.2) is 15.4 Å². The lowest BCUT2D eigenvalue weighted by Crippen LogP contribution is -1.76.